The number of rotatable bonds is 7. The molecule has 0 spiro atoms. The zero-order valence-corrected chi connectivity index (χ0v) is 16.2. The van der Waals surface area contributed by atoms with Crippen molar-refractivity contribution in [2.24, 2.45) is 5.73 Å². The van der Waals surface area contributed by atoms with Crippen molar-refractivity contribution in [1.29, 1.82) is 0 Å². The molecule has 1 aliphatic rings. The highest BCUT2D eigenvalue weighted by Gasteiger charge is 2.51. The highest BCUT2D eigenvalue weighted by molar-refractivity contribution is 6.17. The zero-order chi connectivity index (χ0) is 21.0. The van der Waals surface area contributed by atoms with Crippen LogP contribution in [0, 0.1) is 0 Å². The van der Waals surface area contributed by atoms with Gasteiger partial charge in [-0.05, 0) is 6.07 Å². The maximum absolute atomic E-state index is 11.8. The summed E-state index contributed by atoms with van der Waals surface area (Å²) in [6.07, 6.45) is -4.45. The number of primary amides is 1. The second kappa shape index (κ2) is 9.02. The summed E-state index contributed by atoms with van der Waals surface area (Å²) in [5.74, 6) is -2.77. The van der Waals surface area contributed by atoms with Gasteiger partial charge in [-0.1, -0.05) is 0 Å². The number of halogens is 1. The van der Waals surface area contributed by atoms with Crippen LogP contribution >= 0.6 is 11.6 Å². The number of hydrogen-bond donors (Lipinski definition) is 1. The summed E-state index contributed by atoms with van der Waals surface area (Å²) in [6, 6.07) is 1.36. The van der Waals surface area contributed by atoms with Gasteiger partial charge in [0.2, 0.25) is 0 Å². The van der Waals surface area contributed by atoms with E-state index in [4.69, 9.17) is 36.3 Å². The highest BCUT2D eigenvalue weighted by atomic mass is 35.5. The third-order valence-corrected chi connectivity index (χ3v) is 4.03. The third kappa shape index (κ3) is 4.98. The molecule has 11 nitrogen and oxygen atoms in total. The molecule has 12 heteroatoms. The fraction of sp³-hybridized carbons (Fsp3) is 0.562. The highest BCUT2D eigenvalue weighted by Crippen LogP contribution is 2.35. The number of amides is 1. The summed E-state index contributed by atoms with van der Waals surface area (Å²) in [5.41, 5.74) is 5.66. The number of esters is 3. The molecule has 1 amide bonds. The monoisotopic (exact) mass is 417 g/mol. The molecule has 1 aromatic rings. The lowest BCUT2D eigenvalue weighted by Crippen LogP contribution is -2.41. The first-order chi connectivity index (χ1) is 13.1. The van der Waals surface area contributed by atoms with Crippen molar-refractivity contribution in [3.8, 4) is 0 Å². The van der Waals surface area contributed by atoms with Crippen molar-refractivity contribution in [2.45, 2.75) is 51.2 Å². The molecule has 1 aliphatic heterocycles. The first-order valence-electron chi connectivity index (χ1n) is 8.21. The van der Waals surface area contributed by atoms with E-state index in [0.717, 1.165) is 18.5 Å². The van der Waals surface area contributed by atoms with E-state index in [9.17, 15) is 19.2 Å². The summed E-state index contributed by atoms with van der Waals surface area (Å²) in [7, 11) is 0. The molecule has 2 rings (SSSR count). The van der Waals surface area contributed by atoms with E-state index in [1.54, 1.807) is 0 Å². The largest absolute Gasteiger partial charge is 0.463 e. The van der Waals surface area contributed by atoms with E-state index in [2.05, 4.69) is 5.10 Å². The van der Waals surface area contributed by atoms with Crippen molar-refractivity contribution in [3.05, 3.63) is 17.5 Å². The van der Waals surface area contributed by atoms with Crippen LogP contribution in [0.1, 0.15) is 43.2 Å². The van der Waals surface area contributed by atoms with E-state index in [1.807, 2.05) is 0 Å². The smallest absolute Gasteiger partial charge is 0.303 e. The Morgan fingerprint density at radius 2 is 1.75 bits per heavy atom. The van der Waals surface area contributed by atoms with Crippen LogP contribution in [-0.2, 0) is 39.2 Å². The van der Waals surface area contributed by atoms with Gasteiger partial charge in [0.05, 0.1) is 11.6 Å². The molecule has 1 fully saturated rings. The molecule has 1 saturated heterocycles. The number of aromatic nitrogens is 2. The Hall–Kier alpha value is -2.66. The van der Waals surface area contributed by atoms with Crippen LogP contribution in [0.5, 0.6) is 0 Å². The van der Waals surface area contributed by atoms with Crippen LogP contribution in [0.3, 0.4) is 0 Å². The third-order valence-electron chi connectivity index (χ3n) is 3.76. The van der Waals surface area contributed by atoms with E-state index < -0.39 is 48.4 Å². The normalized spacial score (nSPS) is 23.9. The molecule has 0 aliphatic carbocycles. The van der Waals surface area contributed by atoms with E-state index >= 15 is 0 Å². The van der Waals surface area contributed by atoms with Crippen molar-refractivity contribution < 1.29 is 38.1 Å². The van der Waals surface area contributed by atoms with Gasteiger partial charge in [-0.15, -0.1) is 11.6 Å². The molecule has 4 unspecified atom stereocenters. The predicted molar refractivity (Wildman–Crippen MR) is 92.0 cm³/mol. The summed E-state index contributed by atoms with van der Waals surface area (Å²) < 4.78 is 22.4. The molecule has 1 aromatic heterocycles. The van der Waals surface area contributed by atoms with Crippen LogP contribution in [0.2, 0.25) is 0 Å². The van der Waals surface area contributed by atoms with Crippen LogP contribution < -0.4 is 5.73 Å². The Morgan fingerprint density at radius 1 is 1.14 bits per heavy atom. The Morgan fingerprint density at radius 3 is 2.25 bits per heavy atom. The summed E-state index contributed by atoms with van der Waals surface area (Å²) in [6.45, 7) is 3.23. The molecule has 4 atom stereocenters. The molecular weight excluding hydrogens is 398 g/mol. The number of carbonyl (C=O) groups is 4. The minimum atomic E-state index is -1.18. The first kappa shape index (κ1) is 21.6. The lowest BCUT2D eigenvalue weighted by atomic mass is 10.1. The second-order valence-electron chi connectivity index (χ2n) is 5.98. The average molecular weight is 418 g/mol. The lowest BCUT2D eigenvalue weighted by Gasteiger charge is -2.23. The SMILES string of the molecule is CC(=O)OCC1OC(n2nc(CCl)cc2C(N)=O)C(OC(C)=O)C1OC(C)=O. The minimum absolute atomic E-state index is 0.0114. The summed E-state index contributed by atoms with van der Waals surface area (Å²) in [4.78, 5) is 46.1. The predicted octanol–water partition coefficient (Wildman–Crippen LogP) is 0.0447. The number of alkyl halides is 1. The van der Waals surface area contributed by atoms with Crippen molar-refractivity contribution >= 4 is 35.4 Å². The fourth-order valence-electron chi connectivity index (χ4n) is 2.78. The summed E-state index contributed by atoms with van der Waals surface area (Å²) in [5, 5.41) is 4.15. The quantitative estimate of drug-likeness (QED) is 0.368. The Labute approximate surface area is 165 Å². The number of hydrogen-bond acceptors (Lipinski definition) is 9. The average Bonchev–Trinajstić information content (AvgIpc) is 3.15. The van der Waals surface area contributed by atoms with Gasteiger partial charge in [-0.3, -0.25) is 19.2 Å². The minimum Gasteiger partial charge on any atom is -0.463 e. The van der Waals surface area contributed by atoms with E-state index in [0.29, 0.717) is 5.69 Å². The Bertz CT molecular complexity index is 780. The molecule has 154 valence electrons. The van der Waals surface area contributed by atoms with E-state index in [1.165, 1.54) is 13.0 Å². The topological polar surface area (TPSA) is 149 Å². The van der Waals surface area contributed by atoms with Gasteiger partial charge in [0.25, 0.3) is 5.91 Å². The maximum Gasteiger partial charge on any atom is 0.303 e. The Balaban J connectivity index is 2.46. The van der Waals surface area contributed by atoms with Gasteiger partial charge < -0.3 is 24.7 Å². The van der Waals surface area contributed by atoms with Crippen molar-refractivity contribution in [3.63, 3.8) is 0 Å². The van der Waals surface area contributed by atoms with Gasteiger partial charge in [0.15, 0.2) is 18.4 Å². The number of carbonyl (C=O) groups excluding carboxylic acids is 4. The van der Waals surface area contributed by atoms with Gasteiger partial charge in [0.1, 0.15) is 18.4 Å². The molecule has 0 radical (unpaired) electrons. The number of nitrogens with zero attached hydrogens (tertiary/aromatic N) is 2. The van der Waals surface area contributed by atoms with Crippen LogP contribution in [0.15, 0.2) is 6.07 Å². The van der Waals surface area contributed by atoms with Gasteiger partial charge >= 0.3 is 17.9 Å². The van der Waals surface area contributed by atoms with Crippen LogP contribution in [-0.4, -0.2) is 58.5 Å². The number of ether oxygens (including phenoxy) is 4. The van der Waals surface area contributed by atoms with Crippen molar-refractivity contribution in [2.75, 3.05) is 6.61 Å². The fourth-order valence-corrected chi connectivity index (χ4v) is 2.91. The van der Waals surface area contributed by atoms with Crippen LogP contribution in [0.4, 0.5) is 0 Å². The number of nitrogens with two attached hydrogens (primary N) is 1. The molecule has 0 saturated carbocycles. The maximum atomic E-state index is 11.8. The summed E-state index contributed by atoms with van der Waals surface area (Å²) >= 11 is 5.77. The van der Waals surface area contributed by atoms with Gasteiger partial charge in [-0.25, -0.2) is 4.68 Å². The molecule has 2 heterocycles. The molecule has 2 N–H and O–H groups in total. The molecule has 0 bridgehead atoms. The molecular formula is C16H20ClN3O8. The van der Waals surface area contributed by atoms with Crippen LogP contribution in [0.25, 0.3) is 0 Å². The zero-order valence-electron chi connectivity index (χ0n) is 15.4. The van der Waals surface area contributed by atoms with Gasteiger partial charge in [-0.2, -0.15) is 5.10 Å². The van der Waals surface area contributed by atoms with Crippen molar-refractivity contribution in [1.82, 2.24) is 9.78 Å². The van der Waals surface area contributed by atoms with Gasteiger partial charge in [0, 0.05) is 20.8 Å². The Kier molecular flexibility index (Phi) is 6.97. The first-order valence-corrected chi connectivity index (χ1v) is 8.75. The second-order valence-corrected chi connectivity index (χ2v) is 6.25. The molecule has 0 aromatic carbocycles. The standard InChI is InChI=1S/C16H20ClN3O8/c1-7(21)25-6-12-13(26-8(2)22)14(27-9(3)23)16(28-12)20-11(15(18)24)4-10(5-17)19-20/h4,12-14,16H,5-6H2,1-3H3,(H2,18,24). The lowest BCUT2D eigenvalue weighted by molar-refractivity contribution is -0.166. The van der Waals surface area contributed by atoms with E-state index in [-0.39, 0.29) is 18.2 Å². The molecule has 28 heavy (non-hydrogen) atoms.